The van der Waals surface area contributed by atoms with Gasteiger partial charge in [-0.2, -0.15) is 0 Å². The Kier molecular flexibility index (Phi) is 3.85. The predicted octanol–water partition coefficient (Wildman–Crippen LogP) is 4.39. The Morgan fingerprint density at radius 3 is 2.47 bits per heavy atom. The topological polar surface area (TPSA) is 46.5 Å². The van der Waals surface area contributed by atoms with Crippen LogP contribution in [0.2, 0.25) is 0 Å². The number of benzene rings is 2. The Hall–Kier alpha value is -1.88. The van der Waals surface area contributed by atoms with Gasteiger partial charge in [-0.1, -0.05) is 15.9 Å². The molecule has 2 aromatic carbocycles. The monoisotopic (exact) mass is 324 g/mol. The summed E-state index contributed by atoms with van der Waals surface area (Å²) in [6.07, 6.45) is 0. The SMILES string of the molecule is Cc1cc(Oc2ccc(F)cc2)c(C(=O)O)cc1Br. The Morgan fingerprint density at radius 2 is 1.89 bits per heavy atom. The molecule has 3 nitrogen and oxygen atoms in total. The molecular weight excluding hydrogens is 315 g/mol. The molecule has 19 heavy (non-hydrogen) atoms. The van der Waals surface area contributed by atoms with Crippen LogP contribution in [-0.4, -0.2) is 11.1 Å². The number of carbonyl (C=O) groups is 1. The van der Waals surface area contributed by atoms with E-state index in [1.807, 2.05) is 6.92 Å². The summed E-state index contributed by atoms with van der Waals surface area (Å²) in [4.78, 5) is 11.2. The van der Waals surface area contributed by atoms with E-state index < -0.39 is 5.97 Å². The van der Waals surface area contributed by atoms with Crippen LogP contribution >= 0.6 is 15.9 Å². The number of ether oxygens (including phenoxy) is 1. The van der Waals surface area contributed by atoms with Gasteiger partial charge in [0.05, 0.1) is 0 Å². The highest BCUT2D eigenvalue weighted by Crippen LogP contribution is 2.30. The fraction of sp³-hybridized carbons (Fsp3) is 0.0714. The molecule has 0 atom stereocenters. The van der Waals surface area contributed by atoms with Crippen molar-refractivity contribution in [3.63, 3.8) is 0 Å². The van der Waals surface area contributed by atoms with Crippen LogP contribution in [0.1, 0.15) is 15.9 Å². The molecule has 2 aromatic rings. The van der Waals surface area contributed by atoms with E-state index in [2.05, 4.69) is 15.9 Å². The summed E-state index contributed by atoms with van der Waals surface area (Å²) in [5.74, 6) is -0.860. The van der Waals surface area contributed by atoms with E-state index in [0.29, 0.717) is 10.2 Å². The Bertz CT molecular complexity index is 623. The maximum atomic E-state index is 12.8. The quantitative estimate of drug-likeness (QED) is 0.910. The van der Waals surface area contributed by atoms with Gasteiger partial charge < -0.3 is 9.84 Å². The summed E-state index contributed by atoms with van der Waals surface area (Å²) in [5, 5.41) is 9.14. The van der Waals surface area contributed by atoms with E-state index in [-0.39, 0.29) is 17.1 Å². The maximum Gasteiger partial charge on any atom is 0.339 e. The number of hydrogen-bond donors (Lipinski definition) is 1. The summed E-state index contributed by atoms with van der Waals surface area (Å²) in [6.45, 7) is 1.83. The smallest absolute Gasteiger partial charge is 0.339 e. The summed E-state index contributed by atoms with van der Waals surface area (Å²) < 4.78 is 19.0. The number of carboxylic acid groups (broad SMARTS) is 1. The van der Waals surface area contributed by atoms with E-state index in [0.717, 1.165) is 5.56 Å². The third-order valence-corrected chi connectivity index (χ3v) is 3.39. The zero-order chi connectivity index (χ0) is 14.0. The molecule has 0 radical (unpaired) electrons. The predicted molar refractivity (Wildman–Crippen MR) is 72.3 cm³/mol. The first kappa shape index (κ1) is 13.5. The van der Waals surface area contributed by atoms with Crippen molar-refractivity contribution in [1.82, 2.24) is 0 Å². The minimum Gasteiger partial charge on any atom is -0.478 e. The normalized spacial score (nSPS) is 10.3. The van der Waals surface area contributed by atoms with Crippen LogP contribution in [-0.2, 0) is 0 Å². The zero-order valence-electron chi connectivity index (χ0n) is 9.98. The fourth-order valence-corrected chi connectivity index (χ4v) is 1.88. The third-order valence-electron chi connectivity index (χ3n) is 2.53. The highest BCUT2D eigenvalue weighted by atomic mass is 79.9. The molecule has 0 saturated heterocycles. The molecule has 0 heterocycles. The molecular formula is C14H10BrFO3. The van der Waals surface area contributed by atoms with Crippen LogP contribution in [0.25, 0.3) is 0 Å². The first-order valence-corrected chi connectivity index (χ1v) is 6.23. The number of aryl methyl sites for hydroxylation is 1. The second-order valence-corrected chi connectivity index (χ2v) is 4.81. The molecule has 0 aliphatic carbocycles. The number of rotatable bonds is 3. The second kappa shape index (κ2) is 5.40. The van der Waals surface area contributed by atoms with E-state index in [4.69, 9.17) is 9.84 Å². The van der Waals surface area contributed by atoms with Gasteiger partial charge >= 0.3 is 5.97 Å². The van der Waals surface area contributed by atoms with Crippen molar-refractivity contribution in [2.24, 2.45) is 0 Å². The van der Waals surface area contributed by atoms with Gasteiger partial charge in [-0.3, -0.25) is 0 Å². The minimum atomic E-state index is -1.09. The number of halogens is 2. The Balaban J connectivity index is 2.41. The molecule has 0 bridgehead atoms. The molecule has 2 rings (SSSR count). The van der Waals surface area contributed by atoms with Gasteiger partial charge in [-0.25, -0.2) is 9.18 Å². The highest BCUT2D eigenvalue weighted by Gasteiger charge is 2.14. The van der Waals surface area contributed by atoms with Crippen molar-refractivity contribution in [3.05, 3.63) is 57.8 Å². The third kappa shape index (κ3) is 3.12. The first-order chi connectivity index (χ1) is 8.97. The van der Waals surface area contributed by atoms with E-state index in [9.17, 15) is 9.18 Å². The van der Waals surface area contributed by atoms with E-state index >= 15 is 0 Å². The summed E-state index contributed by atoms with van der Waals surface area (Å²) >= 11 is 3.28. The van der Waals surface area contributed by atoms with Crippen molar-refractivity contribution in [2.75, 3.05) is 0 Å². The van der Waals surface area contributed by atoms with Crippen molar-refractivity contribution in [2.45, 2.75) is 6.92 Å². The lowest BCUT2D eigenvalue weighted by molar-refractivity contribution is 0.0694. The van der Waals surface area contributed by atoms with E-state index in [1.54, 1.807) is 6.07 Å². The van der Waals surface area contributed by atoms with Crippen molar-refractivity contribution in [1.29, 1.82) is 0 Å². The van der Waals surface area contributed by atoms with Crippen molar-refractivity contribution >= 4 is 21.9 Å². The lowest BCUT2D eigenvalue weighted by atomic mass is 10.1. The molecule has 0 aliphatic rings. The highest BCUT2D eigenvalue weighted by molar-refractivity contribution is 9.10. The fourth-order valence-electron chi connectivity index (χ4n) is 1.54. The minimum absolute atomic E-state index is 0.0433. The molecule has 98 valence electrons. The zero-order valence-corrected chi connectivity index (χ0v) is 11.6. The van der Waals surface area contributed by atoms with Crippen molar-refractivity contribution in [3.8, 4) is 11.5 Å². The number of hydrogen-bond acceptors (Lipinski definition) is 2. The lowest BCUT2D eigenvalue weighted by Gasteiger charge is -2.11. The first-order valence-electron chi connectivity index (χ1n) is 5.44. The molecule has 0 spiro atoms. The number of aromatic carboxylic acids is 1. The van der Waals surface area contributed by atoms with Crippen LogP contribution in [0.3, 0.4) is 0 Å². The van der Waals surface area contributed by atoms with Crippen LogP contribution in [0.15, 0.2) is 40.9 Å². The van der Waals surface area contributed by atoms with Gasteiger partial charge in [0, 0.05) is 4.47 Å². The van der Waals surface area contributed by atoms with Crippen molar-refractivity contribution < 1.29 is 19.0 Å². The molecule has 0 aromatic heterocycles. The Labute approximate surface area is 117 Å². The van der Waals surface area contributed by atoms with Crippen LogP contribution in [0.4, 0.5) is 4.39 Å². The van der Waals surface area contributed by atoms with Crippen LogP contribution in [0.5, 0.6) is 11.5 Å². The molecule has 1 N–H and O–H groups in total. The van der Waals surface area contributed by atoms with Gasteiger partial charge in [-0.05, 0) is 48.9 Å². The van der Waals surface area contributed by atoms with Crippen LogP contribution < -0.4 is 4.74 Å². The van der Waals surface area contributed by atoms with Gasteiger partial charge in [0.2, 0.25) is 0 Å². The Morgan fingerprint density at radius 1 is 1.26 bits per heavy atom. The molecule has 0 fully saturated rings. The van der Waals surface area contributed by atoms with Crippen LogP contribution in [0, 0.1) is 12.7 Å². The summed E-state index contributed by atoms with van der Waals surface area (Å²) in [6, 6.07) is 8.49. The number of carboxylic acids is 1. The average Bonchev–Trinajstić information content (AvgIpc) is 2.36. The molecule has 5 heteroatoms. The van der Waals surface area contributed by atoms with Gasteiger partial charge in [-0.15, -0.1) is 0 Å². The van der Waals surface area contributed by atoms with Gasteiger partial charge in [0.25, 0.3) is 0 Å². The molecule has 0 aliphatic heterocycles. The standard InChI is InChI=1S/C14H10BrFO3/c1-8-6-13(11(14(17)18)7-12(8)15)19-10-4-2-9(16)3-5-10/h2-7H,1H3,(H,17,18). The van der Waals surface area contributed by atoms with Gasteiger partial charge in [0.1, 0.15) is 22.9 Å². The summed E-state index contributed by atoms with van der Waals surface area (Å²) in [5.41, 5.74) is 0.893. The molecule has 0 unspecified atom stereocenters. The van der Waals surface area contributed by atoms with E-state index in [1.165, 1.54) is 30.3 Å². The average molecular weight is 325 g/mol. The van der Waals surface area contributed by atoms with Gasteiger partial charge in [0.15, 0.2) is 0 Å². The molecule has 0 amide bonds. The second-order valence-electron chi connectivity index (χ2n) is 3.96. The lowest BCUT2D eigenvalue weighted by Crippen LogP contribution is -2.01. The molecule has 0 saturated carbocycles. The summed E-state index contributed by atoms with van der Waals surface area (Å²) in [7, 11) is 0. The largest absolute Gasteiger partial charge is 0.478 e. The maximum absolute atomic E-state index is 12.8.